The summed E-state index contributed by atoms with van der Waals surface area (Å²) >= 11 is 6.94. The fraction of sp³-hybridized carbons (Fsp3) is 0.200. The second-order valence-corrected chi connectivity index (χ2v) is 5.77. The molecule has 1 unspecified atom stereocenters. The van der Waals surface area contributed by atoms with Crippen LogP contribution in [-0.2, 0) is 6.42 Å². The van der Waals surface area contributed by atoms with E-state index in [0.29, 0.717) is 0 Å². The van der Waals surface area contributed by atoms with Gasteiger partial charge in [0.1, 0.15) is 5.82 Å². The van der Waals surface area contributed by atoms with Crippen molar-refractivity contribution in [3.8, 4) is 0 Å². The van der Waals surface area contributed by atoms with Crippen LogP contribution in [0.4, 0.5) is 4.39 Å². The van der Waals surface area contributed by atoms with Gasteiger partial charge in [-0.2, -0.15) is 0 Å². The molecular weight excluding hydrogens is 359 g/mol. The average Bonchev–Trinajstić information content (AvgIpc) is 2.37. The zero-order valence-electron chi connectivity index (χ0n) is 9.74. The van der Waals surface area contributed by atoms with E-state index >= 15 is 0 Å². The van der Waals surface area contributed by atoms with Gasteiger partial charge in [0, 0.05) is 15.7 Å². The van der Waals surface area contributed by atoms with Crippen LogP contribution in [-0.4, -0.2) is 5.33 Å². The summed E-state index contributed by atoms with van der Waals surface area (Å²) in [4.78, 5) is 0. The molecule has 0 aromatic heterocycles. The third kappa shape index (κ3) is 3.42. The first-order chi connectivity index (χ1) is 8.70. The summed E-state index contributed by atoms with van der Waals surface area (Å²) in [7, 11) is 0. The van der Waals surface area contributed by atoms with Gasteiger partial charge in [-0.05, 0) is 35.7 Å². The Kier molecular flexibility index (Phi) is 4.95. The van der Waals surface area contributed by atoms with Crippen molar-refractivity contribution in [3.63, 3.8) is 0 Å². The minimum absolute atomic E-state index is 0.128. The smallest absolute Gasteiger partial charge is 0.126 e. The molecule has 0 heterocycles. The van der Waals surface area contributed by atoms with E-state index < -0.39 is 0 Å². The van der Waals surface area contributed by atoms with E-state index in [1.807, 2.05) is 24.3 Å². The molecule has 0 amide bonds. The Hall–Kier alpha value is -0.670. The molecule has 0 spiro atoms. The van der Waals surface area contributed by atoms with E-state index in [0.717, 1.165) is 21.8 Å². The third-order valence-electron chi connectivity index (χ3n) is 2.90. The maximum atomic E-state index is 13.8. The van der Waals surface area contributed by atoms with Crippen molar-refractivity contribution >= 4 is 31.9 Å². The van der Waals surface area contributed by atoms with Gasteiger partial charge in [-0.1, -0.05) is 62.2 Å². The summed E-state index contributed by atoms with van der Waals surface area (Å²) in [5, 5.41) is 0.750. The Bertz CT molecular complexity index is 525. The van der Waals surface area contributed by atoms with E-state index in [-0.39, 0.29) is 11.7 Å². The van der Waals surface area contributed by atoms with Gasteiger partial charge in [-0.25, -0.2) is 4.39 Å². The van der Waals surface area contributed by atoms with Crippen LogP contribution >= 0.6 is 31.9 Å². The maximum Gasteiger partial charge on any atom is 0.126 e. The van der Waals surface area contributed by atoms with Crippen LogP contribution in [0, 0.1) is 5.82 Å². The topological polar surface area (TPSA) is 0 Å². The lowest BCUT2D eigenvalue weighted by atomic mass is 9.93. The van der Waals surface area contributed by atoms with Crippen LogP contribution in [0.5, 0.6) is 0 Å². The van der Waals surface area contributed by atoms with Crippen molar-refractivity contribution in [2.45, 2.75) is 12.3 Å². The largest absolute Gasteiger partial charge is 0.207 e. The Labute approximate surface area is 123 Å². The van der Waals surface area contributed by atoms with Crippen LogP contribution in [0.3, 0.4) is 0 Å². The molecule has 0 nitrogen and oxygen atoms in total. The molecule has 0 fully saturated rings. The first-order valence-electron chi connectivity index (χ1n) is 5.75. The van der Waals surface area contributed by atoms with Gasteiger partial charge in [0.15, 0.2) is 0 Å². The van der Waals surface area contributed by atoms with Crippen LogP contribution in [0.1, 0.15) is 17.0 Å². The van der Waals surface area contributed by atoms with Crippen LogP contribution in [0.25, 0.3) is 0 Å². The first-order valence-corrected chi connectivity index (χ1v) is 7.67. The number of halogens is 3. The maximum absolute atomic E-state index is 13.8. The molecule has 0 bridgehead atoms. The quantitative estimate of drug-likeness (QED) is 0.639. The Morgan fingerprint density at radius 2 is 1.83 bits per heavy atom. The van der Waals surface area contributed by atoms with Crippen LogP contribution in [0.15, 0.2) is 53.0 Å². The minimum Gasteiger partial charge on any atom is -0.207 e. The Morgan fingerprint density at radius 1 is 1.06 bits per heavy atom. The number of hydrogen-bond donors (Lipinski definition) is 0. The summed E-state index contributed by atoms with van der Waals surface area (Å²) in [6.07, 6.45) is 0.825. The first kappa shape index (κ1) is 13.8. The second kappa shape index (κ2) is 6.48. The lowest BCUT2D eigenvalue weighted by molar-refractivity contribution is 0.590. The highest BCUT2D eigenvalue weighted by atomic mass is 79.9. The van der Waals surface area contributed by atoms with Crippen molar-refractivity contribution in [3.05, 3.63) is 69.9 Å². The van der Waals surface area contributed by atoms with Gasteiger partial charge in [-0.3, -0.25) is 0 Å². The van der Waals surface area contributed by atoms with Gasteiger partial charge in [0.2, 0.25) is 0 Å². The monoisotopic (exact) mass is 370 g/mol. The number of alkyl halides is 1. The van der Waals surface area contributed by atoms with Crippen molar-refractivity contribution in [1.29, 1.82) is 0 Å². The summed E-state index contributed by atoms with van der Waals surface area (Å²) < 4.78 is 14.8. The normalized spacial score (nSPS) is 12.4. The zero-order valence-corrected chi connectivity index (χ0v) is 12.9. The molecule has 0 saturated heterocycles. The van der Waals surface area contributed by atoms with E-state index in [9.17, 15) is 4.39 Å². The summed E-state index contributed by atoms with van der Waals surface area (Å²) in [5.41, 5.74) is 1.98. The average molecular weight is 372 g/mol. The van der Waals surface area contributed by atoms with Crippen molar-refractivity contribution in [1.82, 2.24) is 0 Å². The van der Waals surface area contributed by atoms with Gasteiger partial charge < -0.3 is 0 Å². The van der Waals surface area contributed by atoms with E-state index in [1.54, 1.807) is 6.07 Å². The van der Waals surface area contributed by atoms with Gasteiger partial charge in [0.25, 0.3) is 0 Å². The van der Waals surface area contributed by atoms with Gasteiger partial charge >= 0.3 is 0 Å². The van der Waals surface area contributed by atoms with E-state index in [1.165, 1.54) is 11.6 Å². The van der Waals surface area contributed by atoms with Crippen molar-refractivity contribution < 1.29 is 4.39 Å². The minimum atomic E-state index is -0.128. The van der Waals surface area contributed by atoms with E-state index in [2.05, 4.69) is 44.0 Å². The molecule has 18 heavy (non-hydrogen) atoms. The number of rotatable bonds is 4. The van der Waals surface area contributed by atoms with Crippen LogP contribution in [0.2, 0.25) is 0 Å². The predicted octanol–water partition coefficient (Wildman–Crippen LogP) is 5.31. The molecule has 0 aliphatic rings. The lowest BCUT2D eigenvalue weighted by Crippen LogP contribution is -2.06. The van der Waals surface area contributed by atoms with Crippen LogP contribution < -0.4 is 0 Å². The highest BCUT2D eigenvalue weighted by Gasteiger charge is 2.14. The molecule has 0 aliphatic carbocycles. The molecule has 0 saturated carbocycles. The standard InChI is InChI=1S/C15H13Br2F/c16-10-12(14-6-1-2-7-15(14)18)8-11-4-3-5-13(17)9-11/h1-7,9,12H,8,10H2. The summed E-state index contributed by atoms with van der Waals surface area (Å²) in [6, 6.07) is 15.1. The fourth-order valence-corrected chi connectivity index (χ4v) is 3.03. The van der Waals surface area contributed by atoms with E-state index in [4.69, 9.17) is 0 Å². The lowest BCUT2D eigenvalue weighted by Gasteiger charge is -2.15. The summed E-state index contributed by atoms with van der Waals surface area (Å²) in [6.45, 7) is 0. The highest BCUT2D eigenvalue weighted by molar-refractivity contribution is 9.10. The molecule has 3 heteroatoms. The molecule has 1 atom stereocenters. The molecule has 0 radical (unpaired) electrons. The predicted molar refractivity (Wildman–Crippen MR) is 80.8 cm³/mol. The molecular formula is C15H13Br2F. The Morgan fingerprint density at radius 3 is 2.50 bits per heavy atom. The second-order valence-electron chi connectivity index (χ2n) is 4.21. The number of benzene rings is 2. The van der Waals surface area contributed by atoms with Gasteiger partial charge in [-0.15, -0.1) is 0 Å². The molecule has 2 aromatic rings. The highest BCUT2D eigenvalue weighted by Crippen LogP contribution is 2.26. The van der Waals surface area contributed by atoms with Crippen molar-refractivity contribution in [2.75, 3.05) is 5.33 Å². The molecule has 2 rings (SSSR count). The number of hydrogen-bond acceptors (Lipinski definition) is 0. The molecule has 94 valence electrons. The molecule has 2 aromatic carbocycles. The summed E-state index contributed by atoms with van der Waals surface area (Å²) in [5.74, 6) is 0.0254. The molecule has 0 N–H and O–H groups in total. The molecule has 0 aliphatic heterocycles. The fourth-order valence-electron chi connectivity index (χ4n) is 2.00. The Balaban J connectivity index is 2.23. The zero-order chi connectivity index (χ0) is 13.0. The van der Waals surface area contributed by atoms with Gasteiger partial charge in [0.05, 0.1) is 0 Å². The SMILES string of the molecule is Fc1ccccc1C(CBr)Cc1cccc(Br)c1. The third-order valence-corrected chi connectivity index (χ3v) is 4.18. The van der Waals surface area contributed by atoms with Crippen molar-refractivity contribution in [2.24, 2.45) is 0 Å².